The molecule has 0 radical (unpaired) electrons. The highest BCUT2D eigenvalue weighted by molar-refractivity contribution is 14.0. The van der Waals surface area contributed by atoms with Gasteiger partial charge in [-0.25, -0.2) is 0 Å². The molecule has 0 aromatic carbocycles. The molecule has 0 bridgehead atoms. The number of likely N-dealkylation sites (tertiary alicyclic amines) is 1. The van der Waals surface area contributed by atoms with E-state index in [2.05, 4.69) is 43.8 Å². The summed E-state index contributed by atoms with van der Waals surface area (Å²) in [4.78, 5) is 6.89. The average Bonchev–Trinajstić information content (AvgIpc) is 3.27. The molecule has 2 aliphatic heterocycles. The molecule has 1 unspecified atom stereocenters. The van der Waals surface area contributed by atoms with Crippen molar-refractivity contribution in [3.63, 3.8) is 0 Å². The molecule has 1 fully saturated rings. The smallest absolute Gasteiger partial charge is 0.194 e. The predicted octanol–water partition coefficient (Wildman–Crippen LogP) is 2.68. The molecule has 24 heavy (non-hydrogen) atoms. The van der Waals surface area contributed by atoms with E-state index in [1.54, 1.807) is 0 Å². The number of aromatic nitrogens is 3. The molecule has 3 heterocycles. The lowest BCUT2D eigenvalue weighted by molar-refractivity contribution is 0.319. The van der Waals surface area contributed by atoms with Gasteiger partial charge in [-0.1, -0.05) is 26.7 Å². The second-order valence-corrected chi connectivity index (χ2v) is 6.76. The fraction of sp³-hybridized carbons (Fsp3) is 0.824. The molecule has 0 saturated carbocycles. The van der Waals surface area contributed by atoms with E-state index in [1.165, 1.54) is 25.7 Å². The van der Waals surface area contributed by atoms with Gasteiger partial charge in [0.15, 0.2) is 11.8 Å². The highest BCUT2D eigenvalue weighted by atomic mass is 127. The Bertz CT molecular complexity index is 551. The Balaban J connectivity index is 0.00000208. The minimum Gasteiger partial charge on any atom is -0.349 e. The van der Waals surface area contributed by atoms with E-state index >= 15 is 0 Å². The molecule has 7 heteroatoms. The van der Waals surface area contributed by atoms with Gasteiger partial charge in [0, 0.05) is 33.1 Å². The van der Waals surface area contributed by atoms with Gasteiger partial charge in [0.25, 0.3) is 0 Å². The lowest BCUT2D eigenvalue weighted by Gasteiger charge is -2.24. The van der Waals surface area contributed by atoms with Crippen LogP contribution < -0.4 is 5.32 Å². The maximum atomic E-state index is 4.48. The normalized spacial score (nSPS) is 20.4. The number of hydrogen-bond acceptors (Lipinski definition) is 3. The Labute approximate surface area is 162 Å². The van der Waals surface area contributed by atoms with Crippen molar-refractivity contribution >= 4 is 29.9 Å². The van der Waals surface area contributed by atoms with Crippen LogP contribution in [0, 0.1) is 11.8 Å². The monoisotopic (exact) mass is 446 g/mol. The Hall–Kier alpha value is -0.860. The Morgan fingerprint density at radius 1 is 1.29 bits per heavy atom. The lowest BCUT2D eigenvalue weighted by Crippen LogP contribution is -2.40. The van der Waals surface area contributed by atoms with E-state index in [1.807, 2.05) is 7.05 Å². The van der Waals surface area contributed by atoms with Crippen LogP contribution in [0.1, 0.15) is 51.2 Å². The SMILES string of the molecule is CCC(CC)C1CCN(C(=NC)NCc2nnc3n2CCC3)C1.I. The summed E-state index contributed by atoms with van der Waals surface area (Å²) in [6, 6.07) is 0. The number of aliphatic imine (C=N–C) groups is 1. The van der Waals surface area contributed by atoms with Crippen LogP contribution in [0.5, 0.6) is 0 Å². The van der Waals surface area contributed by atoms with Crippen LogP contribution in [0.15, 0.2) is 4.99 Å². The van der Waals surface area contributed by atoms with Gasteiger partial charge in [-0.2, -0.15) is 0 Å². The highest BCUT2D eigenvalue weighted by Crippen LogP contribution is 2.28. The van der Waals surface area contributed by atoms with Crippen LogP contribution >= 0.6 is 24.0 Å². The number of halogens is 1. The number of nitrogens with one attached hydrogen (secondary N) is 1. The maximum Gasteiger partial charge on any atom is 0.194 e. The molecule has 0 aliphatic carbocycles. The van der Waals surface area contributed by atoms with E-state index in [-0.39, 0.29) is 24.0 Å². The summed E-state index contributed by atoms with van der Waals surface area (Å²) in [5.74, 6) is 4.83. The van der Waals surface area contributed by atoms with Gasteiger partial charge in [-0.3, -0.25) is 4.99 Å². The fourth-order valence-electron chi connectivity index (χ4n) is 4.15. The van der Waals surface area contributed by atoms with E-state index < -0.39 is 0 Å². The minimum absolute atomic E-state index is 0. The van der Waals surface area contributed by atoms with Crippen molar-refractivity contribution in [1.82, 2.24) is 25.0 Å². The number of guanidine groups is 1. The predicted molar refractivity (Wildman–Crippen MR) is 108 cm³/mol. The van der Waals surface area contributed by atoms with Gasteiger partial charge in [-0.05, 0) is 24.7 Å². The summed E-state index contributed by atoms with van der Waals surface area (Å²) in [6.07, 6.45) is 6.11. The van der Waals surface area contributed by atoms with Crippen molar-refractivity contribution in [1.29, 1.82) is 0 Å². The Morgan fingerprint density at radius 2 is 2.08 bits per heavy atom. The summed E-state index contributed by atoms with van der Waals surface area (Å²) < 4.78 is 2.25. The third-order valence-electron chi connectivity index (χ3n) is 5.54. The van der Waals surface area contributed by atoms with Crippen molar-refractivity contribution in [2.45, 2.75) is 59.0 Å². The molecule has 6 nitrogen and oxygen atoms in total. The maximum absolute atomic E-state index is 4.48. The summed E-state index contributed by atoms with van der Waals surface area (Å²) in [5, 5.41) is 12.1. The van der Waals surface area contributed by atoms with Crippen LogP contribution in [0.2, 0.25) is 0 Å². The summed E-state index contributed by atoms with van der Waals surface area (Å²) >= 11 is 0. The average molecular weight is 446 g/mol. The zero-order chi connectivity index (χ0) is 16.2. The lowest BCUT2D eigenvalue weighted by atomic mass is 9.87. The first-order valence-corrected chi connectivity index (χ1v) is 9.13. The van der Waals surface area contributed by atoms with E-state index in [0.717, 1.165) is 55.5 Å². The zero-order valence-corrected chi connectivity index (χ0v) is 17.5. The molecule has 2 aliphatic rings. The topological polar surface area (TPSA) is 58.3 Å². The summed E-state index contributed by atoms with van der Waals surface area (Å²) in [6.45, 7) is 8.64. The largest absolute Gasteiger partial charge is 0.349 e. The number of rotatable bonds is 5. The molecule has 0 spiro atoms. The van der Waals surface area contributed by atoms with Gasteiger partial charge >= 0.3 is 0 Å². The van der Waals surface area contributed by atoms with E-state index in [4.69, 9.17) is 0 Å². The first-order valence-electron chi connectivity index (χ1n) is 9.13. The quantitative estimate of drug-likeness (QED) is 0.429. The third-order valence-corrected chi connectivity index (χ3v) is 5.54. The number of nitrogens with zero attached hydrogens (tertiary/aromatic N) is 5. The van der Waals surface area contributed by atoms with Crippen molar-refractivity contribution in [2.24, 2.45) is 16.8 Å². The van der Waals surface area contributed by atoms with E-state index in [0.29, 0.717) is 6.54 Å². The second kappa shape index (κ2) is 9.01. The van der Waals surface area contributed by atoms with Gasteiger partial charge in [0.1, 0.15) is 5.82 Å². The van der Waals surface area contributed by atoms with Crippen molar-refractivity contribution in [2.75, 3.05) is 20.1 Å². The molecule has 136 valence electrons. The summed E-state index contributed by atoms with van der Waals surface area (Å²) in [7, 11) is 1.88. The highest BCUT2D eigenvalue weighted by Gasteiger charge is 2.29. The van der Waals surface area contributed by atoms with Crippen molar-refractivity contribution < 1.29 is 0 Å². The number of hydrogen-bond donors (Lipinski definition) is 1. The van der Waals surface area contributed by atoms with Gasteiger partial charge in [0.05, 0.1) is 6.54 Å². The number of fused-ring (bicyclic) bond motifs is 1. The van der Waals surface area contributed by atoms with Crippen LogP contribution in [0.3, 0.4) is 0 Å². The zero-order valence-electron chi connectivity index (χ0n) is 15.2. The molecular weight excluding hydrogens is 415 g/mol. The number of aryl methyl sites for hydroxylation is 1. The van der Waals surface area contributed by atoms with Gasteiger partial charge < -0.3 is 14.8 Å². The molecule has 1 atom stereocenters. The Kier molecular flexibility index (Phi) is 7.31. The minimum atomic E-state index is 0. The van der Waals surface area contributed by atoms with Gasteiger partial charge in [0.2, 0.25) is 0 Å². The molecule has 1 aromatic heterocycles. The van der Waals surface area contributed by atoms with Crippen LogP contribution in [0.4, 0.5) is 0 Å². The van der Waals surface area contributed by atoms with E-state index in [9.17, 15) is 0 Å². The molecule has 1 aromatic rings. The van der Waals surface area contributed by atoms with Crippen molar-refractivity contribution in [3.05, 3.63) is 11.6 Å². The van der Waals surface area contributed by atoms with Crippen LogP contribution in [-0.2, 0) is 19.5 Å². The van der Waals surface area contributed by atoms with Crippen LogP contribution in [0.25, 0.3) is 0 Å². The Morgan fingerprint density at radius 3 is 2.79 bits per heavy atom. The van der Waals surface area contributed by atoms with Crippen LogP contribution in [-0.4, -0.2) is 45.8 Å². The molecular formula is C17H31IN6. The molecule has 1 saturated heterocycles. The molecule has 3 rings (SSSR count). The van der Waals surface area contributed by atoms with Crippen molar-refractivity contribution in [3.8, 4) is 0 Å². The standard InChI is InChI=1S/C17H30N6.HI/c1-4-13(5-2)14-8-10-22(12-14)17(18-3)19-11-16-21-20-15-7-6-9-23(15)16;/h13-14H,4-12H2,1-3H3,(H,18,19);1H. The first kappa shape index (κ1) is 19.5. The third kappa shape index (κ3) is 4.03. The molecule has 1 N–H and O–H groups in total. The molecule has 0 amide bonds. The summed E-state index contributed by atoms with van der Waals surface area (Å²) in [5.41, 5.74) is 0. The van der Waals surface area contributed by atoms with Gasteiger partial charge in [-0.15, -0.1) is 34.2 Å². The second-order valence-electron chi connectivity index (χ2n) is 6.76. The first-order chi connectivity index (χ1) is 11.3. The fourth-order valence-corrected chi connectivity index (χ4v) is 4.15.